The maximum atomic E-state index is 11.8. The second-order valence-corrected chi connectivity index (χ2v) is 5.73. The molecule has 0 fully saturated rings. The molecule has 0 saturated carbocycles. The van der Waals surface area contributed by atoms with Crippen LogP contribution in [0.5, 0.6) is 0 Å². The van der Waals surface area contributed by atoms with Crippen LogP contribution in [0.2, 0.25) is 0 Å². The van der Waals surface area contributed by atoms with Crippen molar-refractivity contribution in [2.75, 3.05) is 12.3 Å². The molecule has 0 aliphatic heterocycles. The third-order valence-corrected chi connectivity index (χ3v) is 4.26. The standard InChI is InChI=1S/C15H19N3OS/c1-12-5-3-4-6-14(12)20-10-15(19)17-9-13(2)18-8-7-16-11-18/h3-8,11,13H,9-10H2,1-2H3,(H,17,19)/t13-/m1/s1. The van der Waals surface area contributed by atoms with E-state index in [4.69, 9.17) is 0 Å². The van der Waals surface area contributed by atoms with Crippen LogP contribution in [-0.4, -0.2) is 27.8 Å². The zero-order chi connectivity index (χ0) is 14.4. The molecule has 0 spiro atoms. The number of nitrogens with one attached hydrogen (secondary N) is 1. The molecule has 1 N–H and O–H groups in total. The first-order valence-corrected chi connectivity index (χ1v) is 7.58. The van der Waals surface area contributed by atoms with Crippen LogP contribution in [-0.2, 0) is 4.79 Å². The molecule has 106 valence electrons. The summed E-state index contributed by atoms with van der Waals surface area (Å²) in [5.41, 5.74) is 1.21. The predicted octanol–water partition coefficient (Wildman–Crippen LogP) is 2.66. The molecular weight excluding hydrogens is 270 g/mol. The Morgan fingerprint density at radius 1 is 1.45 bits per heavy atom. The van der Waals surface area contributed by atoms with Gasteiger partial charge in [-0.1, -0.05) is 18.2 Å². The Morgan fingerprint density at radius 3 is 2.95 bits per heavy atom. The molecule has 0 unspecified atom stereocenters. The van der Waals surface area contributed by atoms with Gasteiger partial charge in [0.15, 0.2) is 0 Å². The quantitative estimate of drug-likeness (QED) is 0.832. The number of hydrogen-bond donors (Lipinski definition) is 1. The molecule has 0 aliphatic carbocycles. The normalized spacial score (nSPS) is 12.1. The van der Waals surface area contributed by atoms with E-state index < -0.39 is 0 Å². The minimum absolute atomic E-state index is 0.0604. The molecule has 0 bridgehead atoms. The SMILES string of the molecule is Cc1ccccc1SCC(=O)NC[C@@H](C)n1ccnc1. The molecule has 2 rings (SSSR count). The van der Waals surface area contributed by atoms with Crippen molar-refractivity contribution in [3.63, 3.8) is 0 Å². The summed E-state index contributed by atoms with van der Waals surface area (Å²) in [6.07, 6.45) is 5.41. The number of aromatic nitrogens is 2. The van der Waals surface area contributed by atoms with E-state index in [9.17, 15) is 4.79 Å². The summed E-state index contributed by atoms with van der Waals surface area (Å²) in [5, 5.41) is 2.95. The van der Waals surface area contributed by atoms with Crippen molar-refractivity contribution in [2.24, 2.45) is 0 Å². The molecule has 0 saturated heterocycles. The third-order valence-electron chi connectivity index (χ3n) is 3.08. The zero-order valence-electron chi connectivity index (χ0n) is 11.7. The number of hydrogen-bond acceptors (Lipinski definition) is 3. The Morgan fingerprint density at radius 2 is 2.25 bits per heavy atom. The number of amides is 1. The van der Waals surface area contributed by atoms with E-state index >= 15 is 0 Å². The average molecular weight is 289 g/mol. The number of nitrogens with zero attached hydrogens (tertiary/aromatic N) is 2. The number of carbonyl (C=O) groups excluding carboxylic acids is 1. The number of aryl methyl sites for hydroxylation is 1. The minimum atomic E-state index is 0.0604. The summed E-state index contributed by atoms with van der Waals surface area (Å²) in [6, 6.07) is 8.31. The summed E-state index contributed by atoms with van der Waals surface area (Å²) in [4.78, 5) is 17.0. The molecule has 2 aromatic rings. The fourth-order valence-electron chi connectivity index (χ4n) is 1.81. The smallest absolute Gasteiger partial charge is 0.230 e. The lowest BCUT2D eigenvalue weighted by Crippen LogP contribution is -2.30. The monoisotopic (exact) mass is 289 g/mol. The first-order valence-electron chi connectivity index (χ1n) is 6.59. The first kappa shape index (κ1) is 14.7. The van der Waals surface area contributed by atoms with Crippen molar-refractivity contribution in [1.82, 2.24) is 14.9 Å². The number of rotatable bonds is 6. The average Bonchev–Trinajstić information content (AvgIpc) is 2.98. The van der Waals surface area contributed by atoms with Crippen molar-refractivity contribution in [3.05, 3.63) is 48.5 Å². The fraction of sp³-hybridized carbons (Fsp3) is 0.333. The maximum absolute atomic E-state index is 11.8. The van der Waals surface area contributed by atoms with Crippen molar-refractivity contribution < 1.29 is 4.79 Å². The number of carbonyl (C=O) groups is 1. The third kappa shape index (κ3) is 4.13. The van der Waals surface area contributed by atoms with Gasteiger partial charge in [-0.15, -0.1) is 11.8 Å². The molecule has 1 heterocycles. The van der Waals surface area contributed by atoms with E-state index in [2.05, 4.69) is 30.2 Å². The molecule has 1 amide bonds. The Balaban J connectivity index is 1.75. The molecule has 1 aromatic carbocycles. The Labute approximate surface area is 123 Å². The topological polar surface area (TPSA) is 46.9 Å². The lowest BCUT2D eigenvalue weighted by molar-refractivity contribution is -0.118. The van der Waals surface area contributed by atoms with Crippen LogP contribution in [0.3, 0.4) is 0 Å². The van der Waals surface area contributed by atoms with Crippen LogP contribution in [0.4, 0.5) is 0 Å². The lowest BCUT2D eigenvalue weighted by atomic mass is 10.2. The van der Waals surface area contributed by atoms with Crippen molar-refractivity contribution >= 4 is 17.7 Å². The van der Waals surface area contributed by atoms with Gasteiger partial charge in [-0.2, -0.15) is 0 Å². The van der Waals surface area contributed by atoms with Gasteiger partial charge in [0.25, 0.3) is 0 Å². The summed E-state index contributed by atoms with van der Waals surface area (Å²) in [6.45, 7) is 4.72. The fourth-order valence-corrected chi connectivity index (χ4v) is 2.67. The zero-order valence-corrected chi connectivity index (χ0v) is 12.6. The van der Waals surface area contributed by atoms with Gasteiger partial charge in [-0.3, -0.25) is 4.79 Å². The van der Waals surface area contributed by atoms with E-state index in [-0.39, 0.29) is 11.9 Å². The van der Waals surface area contributed by atoms with Crippen LogP contribution in [0.15, 0.2) is 47.9 Å². The number of imidazole rings is 1. The predicted molar refractivity (Wildman–Crippen MR) is 81.9 cm³/mol. The maximum Gasteiger partial charge on any atom is 0.230 e. The van der Waals surface area contributed by atoms with E-state index in [1.165, 1.54) is 5.56 Å². The second kappa shape index (κ2) is 7.14. The highest BCUT2D eigenvalue weighted by atomic mass is 32.2. The summed E-state index contributed by atoms with van der Waals surface area (Å²) >= 11 is 1.57. The summed E-state index contributed by atoms with van der Waals surface area (Å²) < 4.78 is 1.98. The van der Waals surface area contributed by atoms with Crippen LogP contribution in [0.25, 0.3) is 0 Å². The summed E-state index contributed by atoms with van der Waals surface area (Å²) in [7, 11) is 0. The van der Waals surface area contributed by atoms with Gasteiger partial charge < -0.3 is 9.88 Å². The van der Waals surface area contributed by atoms with E-state index in [1.807, 2.05) is 29.0 Å². The second-order valence-electron chi connectivity index (χ2n) is 4.72. The Kier molecular flexibility index (Phi) is 5.24. The van der Waals surface area contributed by atoms with Gasteiger partial charge in [-0.25, -0.2) is 4.98 Å². The largest absolute Gasteiger partial charge is 0.353 e. The number of thioether (sulfide) groups is 1. The molecular formula is C15H19N3OS. The highest BCUT2D eigenvalue weighted by Crippen LogP contribution is 2.21. The lowest BCUT2D eigenvalue weighted by Gasteiger charge is -2.14. The van der Waals surface area contributed by atoms with E-state index in [0.29, 0.717) is 12.3 Å². The molecule has 1 aromatic heterocycles. The molecule has 20 heavy (non-hydrogen) atoms. The van der Waals surface area contributed by atoms with Gasteiger partial charge in [-0.05, 0) is 25.5 Å². The van der Waals surface area contributed by atoms with Gasteiger partial charge in [0.2, 0.25) is 5.91 Å². The Bertz CT molecular complexity index is 554. The van der Waals surface area contributed by atoms with Gasteiger partial charge in [0.05, 0.1) is 12.1 Å². The van der Waals surface area contributed by atoms with E-state index in [1.54, 1.807) is 24.3 Å². The molecule has 1 atom stereocenters. The van der Waals surface area contributed by atoms with Crippen LogP contribution < -0.4 is 5.32 Å². The van der Waals surface area contributed by atoms with Crippen LogP contribution in [0.1, 0.15) is 18.5 Å². The highest BCUT2D eigenvalue weighted by Gasteiger charge is 2.07. The molecule has 0 aliphatic rings. The minimum Gasteiger partial charge on any atom is -0.353 e. The molecule has 5 heteroatoms. The van der Waals surface area contributed by atoms with E-state index in [0.717, 1.165) is 4.90 Å². The van der Waals surface area contributed by atoms with Crippen LogP contribution in [0, 0.1) is 6.92 Å². The van der Waals surface area contributed by atoms with Crippen molar-refractivity contribution in [2.45, 2.75) is 24.8 Å². The van der Waals surface area contributed by atoms with Gasteiger partial charge in [0.1, 0.15) is 0 Å². The van der Waals surface area contributed by atoms with Gasteiger partial charge >= 0.3 is 0 Å². The van der Waals surface area contributed by atoms with Crippen LogP contribution >= 0.6 is 11.8 Å². The first-order chi connectivity index (χ1) is 9.66. The summed E-state index contributed by atoms with van der Waals surface area (Å²) in [5.74, 6) is 0.506. The highest BCUT2D eigenvalue weighted by molar-refractivity contribution is 8.00. The van der Waals surface area contributed by atoms with Crippen molar-refractivity contribution in [1.29, 1.82) is 0 Å². The van der Waals surface area contributed by atoms with Gasteiger partial charge in [0, 0.05) is 29.9 Å². The Hall–Kier alpha value is -1.75. The molecule has 0 radical (unpaired) electrons. The molecule has 4 nitrogen and oxygen atoms in total. The van der Waals surface area contributed by atoms with Crippen molar-refractivity contribution in [3.8, 4) is 0 Å². The number of benzene rings is 1.